The number of ether oxygens (including phenoxy) is 1. The molecular formula is C19H16ClF3N2O3. The van der Waals surface area contributed by atoms with E-state index < -0.39 is 29.9 Å². The number of amides is 2. The first-order valence-corrected chi connectivity index (χ1v) is 8.80. The summed E-state index contributed by atoms with van der Waals surface area (Å²) in [7, 11) is 0. The Morgan fingerprint density at radius 2 is 1.75 bits per heavy atom. The molecule has 0 heterocycles. The molecule has 0 bridgehead atoms. The van der Waals surface area contributed by atoms with E-state index in [0.717, 1.165) is 25.0 Å². The van der Waals surface area contributed by atoms with Gasteiger partial charge in [-0.2, -0.15) is 13.2 Å². The summed E-state index contributed by atoms with van der Waals surface area (Å²) in [5.41, 5.74) is -1.44. The molecule has 1 fully saturated rings. The molecule has 0 unspecified atom stereocenters. The molecule has 0 aromatic heterocycles. The van der Waals surface area contributed by atoms with Crippen LogP contribution in [0.3, 0.4) is 0 Å². The molecule has 1 aliphatic carbocycles. The average molecular weight is 413 g/mol. The Hall–Kier alpha value is -2.74. The van der Waals surface area contributed by atoms with E-state index >= 15 is 0 Å². The summed E-state index contributed by atoms with van der Waals surface area (Å²) in [5.74, 6) is -0.844. The molecule has 2 N–H and O–H groups in total. The summed E-state index contributed by atoms with van der Waals surface area (Å²) >= 11 is 5.74. The Balaban J connectivity index is 1.68. The Kier molecular flexibility index (Phi) is 5.79. The van der Waals surface area contributed by atoms with Gasteiger partial charge >= 0.3 is 6.18 Å². The molecule has 1 aliphatic rings. The summed E-state index contributed by atoms with van der Waals surface area (Å²) in [6.07, 6.45) is -3.24. The van der Waals surface area contributed by atoms with E-state index in [1.54, 1.807) is 12.1 Å². The molecule has 28 heavy (non-hydrogen) atoms. The number of rotatable bonds is 6. The molecule has 0 radical (unpaired) electrons. The van der Waals surface area contributed by atoms with Crippen molar-refractivity contribution in [3.8, 4) is 5.75 Å². The van der Waals surface area contributed by atoms with E-state index in [1.165, 1.54) is 18.2 Å². The van der Waals surface area contributed by atoms with Gasteiger partial charge in [0.15, 0.2) is 6.61 Å². The molecule has 0 spiro atoms. The van der Waals surface area contributed by atoms with Gasteiger partial charge < -0.3 is 15.4 Å². The molecule has 2 amide bonds. The highest BCUT2D eigenvalue weighted by Gasteiger charge is 2.35. The van der Waals surface area contributed by atoms with Gasteiger partial charge in [0.2, 0.25) is 5.91 Å². The van der Waals surface area contributed by atoms with E-state index in [-0.39, 0.29) is 17.5 Å². The Bertz CT molecular complexity index is 881. The summed E-state index contributed by atoms with van der Waals surface area (Å²) in [6, 6.07) is 9.41. The Morgan fingerprint density at radius 1 is 1.07 bits per heavy atom. The van der Waals surface area contributed by atoms with Gasteiger partial charge in [0, 0.05) is 16.6 Å². The van der Waals surface area contributed by atoms with Crippen molar-refractivity contribution in [2.24, 2.45) is 5.92 Å². The fraction of sp³-hybridized carbons (Fsp3) is 0.263. The van der Waals surface area contributed by atoms with Crippen LogP contribution in [0.1, 0.15) is 18.4 Å². The molecule has 0 saturated heterocycles. The lowest BCUT2D eigenvalue weighted by Crippen LogP contribution is -2.22. The van der Waals surface area contributed by atoms with E-state index in [4.69, 9.17) is 16.3 Å². The van der Waals surface area contributed by atoms with Crippen molar-refractivity contribution in [3.05, 3.63) is 53.1 Å². The second-order valence-corrected chi connectivity index (χ2v) is 6.75. The number of halogens is 4. The van der Waals surface area contributed by atoms with Gasteiger partial charge in [-0.15, -0.1) is 0 Å². The fourth-order valence-corrected chi connectivity index (χ4v) is 2.55. The molecule has 0 atom stereocenters. The van der Waals surface area contributed by atoms with Crippen LogP contribution in [0.15, 0.2) is 42.5 Å². The highest BCUT2D eigenvalue weighted by atomic mass is 35.5. The van der Waals surface area contributed by atoms with E-state index in [0.29, 0.717) is 10.8 Å². The van der Waals surface area contributed by atoms with Crippen LogP contribution in [0, 0.1) is 5.92 Å². The van der Waals surface area contributed by atoms with Crippen LogP contribution in [-0.2, 0) is 15.8 Å². The van der Waals surface area contributed by atoms with Gasteiger partial charge in [0.1, 0.15) is 5.75 Å². The van der Waals surface area contributed by atoms with Crippen LogP contribution < -0.4 is 15.4 Å². The van der Waals surface area contributed by atoms with E-state index in [9.17, 15) is 22.8 Å². The maximum absolute atomic E-state index is 13.4. The third-order valence-electron chi connectivity index (χ3n) is 4.00. The van der Waals surface area contributed by atoms with Crippen molar-refractivity contribution in [1.29, 1.82) is 0 Å². The zero-order valence-electron chi connectivity index (χ0n) is 14.5. The third-order valence-corrected chi connectivity index (χ3v) is 4.25. The normalized spacial score (nSPS) is 13.7. The number of hydrogen-bond acceptors (Lipinski definition) is 3. The van der Waals surface area contributed by atoms with E-state index in [2.05, 4.69) is 10.6 Å². The smallest absolute Gasteiger partial charge is 0.418 e. The van der Waals surface area contributed by atoms with Crippen molar-refractivity contribution in [2.45, 2.75) is 19.0 Å². The second-order valence-electron chi connectivity index (χ2n) is 6.31. The molecule has 2 aromatic carbocycles. The number of alkyl halides is 3. The lowest BCUT2D eigenvalue weighted by molar-refractivity contribution is -0.137. The number of carbonyl (C=O) groups excluding carboxylic acids is 2. The van der Waals surface area contributed by atoms with Gasteiger partial charge in [-0.1, -0.05) is 11.6 Å². The summed E-state index contributed by atoms with van der Waals surface area (Å²) < 4.78 is 45.3. The van der Waals surface area contributed by atoms with Gasteiger partial charge in [0.05, 0.1) is 11.3 Å². The summed E-state index contributed by atoms with van der Waals surface area (Å²) in [5, 5.41) is 5.14. The maximum Gasteiger partial charge on any atom is 0.418 e. The van der Waals surface area contributed by atoms with Crippen LogP contribution in [0.5, 0.6) is 5.75 Å². The van der Waals surface area contributed by atoms with Gasteiger partial charge in [-0.25, -0.2) is 0 Å². The van der Waals surface area contributed by atoms with Crippen LogP contribution >= 0.6 is 11.6 Å². The minimum absolute atomic E-state index is 0.0274. The zero-order chi connectivity index (χ0) is 20.3. The standard InChI is InChI=1S/C19H16ClF3N2O3/c20-12-3-6-14(7-4-12)28-10-17(26)25-16-8-5-13(9-15(16)19(21,22)23)24-18(27)11-1-2-11/h3-9,11H,1-2,10H2,(H,24,27)(H,25,26). The molecule has 3 rings (SSSR count). The van der Waals surface area contributed by atoms with Crippen molar-refractivity contribution in [1.82, 2.24) is 0 Å². The first kappa shape index (κ1) is 20.0. The molecular weight excluding hydrogens is 397 g/mol. The van der Waals surface area contributed by atoms with E-state index in [1.807, 2.05) is 0 Å². The Morgan fingerprint density at radius 3 is 2.36 bits per heavy atom. The van der Waals surface area contributed by atoms with Crippen LogP contribution in [-0.4, -0.2) is 18.4 Å². The van der Waals surface area contributed by atoms with Crippen LogP contribution in [0.25, 0.3) is 0 Å². The first-order chi connectivity index (χ1) is 13.2. The minimum Gasteiger partial charge on any atom is -0.484 e. The molecule has 1 saturated carbocycles. The lowest BCUT2D eigenvalue weighted by atomic mass is 10.1. The topological polar surface area (TPSA) is 67.4 Å². The largest absolute Gasteiger partial charge is 0.484 e. The van der Waals surface area contributed by atoms with Crippen molar-refractivity contribution in [2.75, 3.05) is 17.2 Å². The second kappa shape index (κ2) is 8.10. The number of anilines is 2. The maximum atomic E-state index is 13.4. The number of carbonyl (C=O) groups is 2. The predicted octanol–water partition coefficient (Wildman–Crippen LogP) is 4.72. The first-order valence-electron chi connectivity index (χ1n) is 8.43. The molecule has 148 valence electrons. The van der Waals surface area contributed by atoms with Crippen molar-refractivity contribution < 1.29 is 27.5 Å². The van der Waals surface area contributed by atoms with Gasteiger partial charge in [-0.05, 0) is 55.3 Å². The van der Waals surface area contributed by atoms with Crippen LogP contribution in [0.2, 0.25) is 5.02 Å². The molecule has 9 heteroatoms. The van der Waals surface area contributed by atoms with Crippen LogP contribution in [0.4, 0.5) is 24.5 Å². The van der Waals surface area contributed by atoms with Gasteiger partial charge in [-0.3, -0.25) is 9.59 Å². The quantitative estimate of drug-likeness (QED) is 0.721. The van der Waals surface area contributed by atoms with Crippen molar-refractivity contribution >= 4 is 34.8 Å². The van der Waals surface area contributed by atoms with Crippen molar-refractivity contribution in [3.63, 3.8) is 0 Å². The summed E-state index contributed by atoms with van der Waals surface area (Å²) in [4.78, 5) is 23.7. The van der Waals surface area contributed by atoms with Gasteiger partial charge in [0.25, 0.3) is 5.91 Å². The monoisotopic (exact) mass is 412 g/mol. The molecule has 5 nitrogen and oxygen atoms in total. The molecule has 2 aromatic rings. The highest BCUT2D eigenvalue weighted by molar-refractivity contribution is 6.30. The number of hydrogen-bond donors (Lipinski definition) is 2. The molecule has 0 aliphatic heterocycles. The summed E-state index contributed by atoms with van der Waals surface area (Å²) in [6.45, 7) is -0.473. The minimum atomic E-state index is -4.71. The Labute approximate surface area is 163 Å². The fourth-order valence-electron chi connectivity index (χ4n) is 2.42. The predicted molar refractivity (Wildman–Crippen MR) is 98.4 cm³/mol. The lowest BCUT2D eigenvalue weighted by Gasteiger charge is -2.16. The number of benzene rings is 2. The number of nitrogens with one attached hydrogen (secondary N) is 2. The SMILES string of the molecule is O=C(COc1ccc(Cl)cc1)Nc1ccc(NC(=O)C2CC2)cc1C(F)(F)F. The highest BCUT2D eigenvalue weighted by Crippen LogP contribution is 2.37. The third kappa shape index (κ3) is 5.39. The average Bonchev–Trinajstić information content (AvgIpc) is 3.47. The zero-order valence-corrected chi connectivity index (χ0v) is 15.2.